The highest BCUT2D eigenvalue weighted by Crippen LogP contribution is 2.17. The van der Waals surface area contributed by atoms with Crippen molar-refractivity contribution in [2.24, 2.45) is 5.73 Å². The van der Waals surface area contributed by atoms with Crippen molar-refractivity contribution in [3.63, 3.8) is 0 Å². The lowest BCUT2D eigenvalue weighted by atomic mass is 10.0. The second kappa shape index (κ2) is 3.68. The fourth-order valence-corrected chi connectivity index (χ4v) is 1.01. The van der Waals surface area contributed by atoms with Crippen LogP contribution in [0.2, 0.25) is 0 Å². The first-order valence-corrected chi connectivity index (χ1v) is 4.00. The van der Waals surface area contributed by atoms with E-state index < -0.39 is 5.72 Å². The first-order valence-electron chi connectivity index (χ1n) is 4.00. The molecule has 1 aromatic rings. The first kappa shape index (κ1) is 9.89. The van der Waals surface area contributed by atoms with Gasteiger partial charge in [0.2, 0.25) is 0 Å². The lowest BCUT2D eigenvalue weighted by molar-refractivity contribution is 0.00768. The zero-order valence-electron chi connectivity index (χ0n) is 7.78. The van der Waals surface area contributed by atoms with E-state index in [0.29, 0.717) is 5.56 Å². The quantitative estimate of drug-likeness (QED) is 0.561. The topological polar surface area (TPSA) is 52.3 Å². The molecule has 0 saturated heterocycles. The van der Waals surface area contributed by atoms with Crippen LogP contribution in [0.3, 0.4) is 0 Å². The molecule has 0 aromatic heterocycles. The molecule has 3 heteroatoms. The SMILES string of the molecule is CO[C@@](C)(N)c1ccc(C=O)cc1. The van der Waals surface area contributed by atoms with E-state index >= 15 is 0 Å². The van der Waals surface area contributed by atoms with Crippen molar-refractivity contribution in [2.45, 2.75) is 12.6 Å². The molecule has 0 spiro atoms. The molecule has 0 heterocycles. The van der Waals surface area contributed by atoms with E-state index in [-0.39, 0.29) is 0 Å². The molecule has 0 bridgehead atoms. The standard InChI is InChI=1S/C10H13NO2/c1-10(11,13-2)9-5-3-8(7-12)4-6-9/h3-7H,11H2,1-2H3/t10-/m1/s1. The average Bonchev–Trinajstić information content (AvgIpc) is 2.18. The average molecular weight is 179 g/mol. The predicted octanol–water partition coefficient (Wildman–Crippen LogP) is 1.28. The van der Waals surface area contributed by atoms with Crippen molar-refractivity contribution < 1.29 is 9.53 Å². The van der Waals surface area contributed by atoms with E-state index in [4.69, 9.17) is 10.5 Å². The lowest BCUT2D eigenvalue weighted by Gasteiger charge is -2.23. The number of ether oxygens (including phenoxy) is 1. The highest BCUT2D eigenvalue weighted by atomic mass is 16.5. The molecule has 3 nitrogen and oxygen atoms in total. The zero-order chi connectivity index (χ0) is 9.90. The van der Waals surface area contributed by atoms with E-state index in [0.717, 1.165) is 11.8 Å². The van der Waals surface area contributed by atoms with Crippen LogP contribution in [0.4, 0.5) is 0 Å². The molecule has 1 aromatic carbocycles. The Balaban J connectivity index is 2.98. The third-order valence-electron chi connectivity index (χ3n) is 2.04. The van der Waals surface area contributed by atoms with Gasteiger partial charge in [0.15, 0.2) is 0 Å². The molecule has 0 fully saturated rings. The monoisotopic (exact) mass is 179 g/mol. The van der Waals surface area contributed by atoms with Crippen LogP contribution in [0.1, 0.15) is 22.8 Å². The van der Waals surface area contributed by atoms with E-state index in [1.54, 1.807) is 38.3 Å². The van der Waals surface area contributed by atoms with Gasteiger partial charge in [-0.3, -0.25) is 10.5 Å². The van der Waals surface area contributed by atoms with Gasteiger partial charge < -0.3 is 4.74 Å². The summed E-state index contributed by atoms with van der Waals surface area (Å²) in [6, 6.07) is 7.00. The summed E-state index contributed by atoms with van der Waals surface area (Å²) in [6.07, 6.45) is 0.796. The van der Waals surface area contributed by atoms with Crippen molar-refractivity contribution in [1.82, 2.24) is 0 Å². The maximum atomic E-state index is 10.4. The smallest absolute Gasteiger partial charge is 0.150 e. The van der Waals surface area contributed by atoms with Crippen LogP contribution in [-0.2, 0) is 10.5 Å². The minimum absolute atomic E-state index is 0.635. The van der Waals surface area contributed by atoms with Crippen LogP contribution in [-0.4, -0.2) is 13.4 Å². The second-order valence-corrected chi connectivity index (χ2v) is 3.05. The van der Waals surface area contributed by atoms with E-state index in [2.05, 4.69) is 0 Å². The summed E-state index contributed by atoms with van der Waals surface area (Å²) < 4.78 is 5.09. The first-order chi connectivity index (χ1) is 6.10. The molecule has 0 aliphatic heterocycles. The van der Waals surface area contributed by atoms with E-state index in [9.17, 15) is 4.79 Å². The van der Waals surface area contributed by atoms with Crippen LogP contribution in [0.15, 0.2) is 24.3 Å². The molecule has 0 amide bonds. The summed E-state index contributed by atoms with van der Waals surface area (Å²) in [5.74, 6) is 0. The largest absolute Gasteiger partial charge is 0.360 e. The van der Waals surface area contributed by atoms with Gasteiger partial charge in [-0.15, -0.1) is 0 Å². The Morgan fingerprint density at radius 2 is 1.92 bits per heavy atom. The summed E-state index contributed by atoms with van der Waals surface area (Å²) in [7, 11) is 1.55. The van der Waals surface area contributed by atoms with Crippen LogP contribution in [0.25, 0.3) is 0 Å². The highest BCUT2D eigenvalue weighted by molar-refractivity contribution is 5.74. The van der Waals surface area contributed by atoms with Gasteiger partial charge in [0, 0.05) is 12.7 Å². The molecule has 0 aliphatic carbocycles. The van der Waals surface area contributed by atoms with Crippen LogP contribution in [0.5, 0.6) is 0 Å². The molecule has 0 unspecified atom stereocenters. The lowest BCUT2D eigenvalue weighted by Crippen LogP contribution is -2.34. The minimum atomic E-state index is -0.790. The fraction of sp³-hybridized carbons (Fsp3) is 0.300. The number of carbonyl (C=O) groups excluding carboxylic acids is 1. The molecule has 0 aliphatic rings. The van der Waals surface area contributed by atoms with Gasteiger partial charge in [0.25, 0.3) is 0 Å². The summed E-state index contributed by atoms with van der Waals surface area (Å²) in [4.78, 5) is 10.4. The number of rotatable bonds is 3. The van der Waals surface area contributed by atoms with Gasteiger partial charge in [0.1, 0.15) is 12.0 Å². The Morgan fingerprint density at radius 1 is 1.38 bits per heavy atom. The molecule has 1 atom stereocenters. The van der Waals surface area contributed by atoms with Crippen molar-refractivity contribution in [3.8, 4) is 0 Å². The summed E-state index contributed by atoms with van der Waals surface area (Å²) in [5, 5.41) is 0. The Bertz CT molecular complexity index is 290. The number of methoxy groups -OCH3 is 1. The fourth-order valence-electron chi connectivity index (χ4n) is 1.01. The molecule has 1 rings (SSSR count). The Kier molecular flexibility index (Phi) is 2.80. The number of hydrogen-bond acceptors (Lipinski definition) is 3. The molecular formula is C10H13NO2. The van der Waals surface area contributed by atoms with Crippen molar-refractivity contribution in [1.29, 1.82) is 0 Å². The number of carbonyl (C=O) groups is 1. The van der Waals surface area contributed by atoms with Gasteiger partial charge in [-0.1, -0.05) is 24.3 Å². The number of benzene rings is 1. The third-order valence-corrected chi connectivity index (χ3v) is 2.04. The Hall–Kier alpha value is -1.19. The summed E-state index contributed by atoms with van der Waals surface area (Å²) in [6.45, 7) is 1.77. The van der Waals surface area contributed by atoms with Gasteiger partial charge in [-0.05, 0) is 12.5 Å². The van der Waals surface area contributed by atoms with E-state index in [1.165, 1.54) is 0 Å². The van der Waals surface area contributed by atoms with Gasteiger partial charge in [-0.2, -0.15) is 0 Å². The van der Waals surface area contributed by atoms with E-state index in [1.807, 2.05) is 0 Å². The van der Waals surface area contributed by atoms with Crippen LogP contribution >= 0.6 is 0 Å². The Morgan fingerprint density at radius 3 is 2.31 bits per heavy atom. The van der Waals surface area contributed by atoms with Gasteiger partial charge >= 0.3 is 0 Å². The predicted molar refractivity (Wildman–Crippen MR) is 50.4 cm³/mol. The molecule has 13 heavy (non-hydrogen) atoms. The number of nitrogens with two attached hydrogens (primary N) is 1. The maximum absolute atomic E-state index is 10.4. The number of hydrogen-bond donors (Lipinski definition) is 1. The minimum Gasteiger partial charge on any atom is -0.360 e. The molecular weight excluding hydrogens is 166 g/mol. The molecule has 0 radical (unpaired) electrons. The number of aldehydes is 1. The second-order valence-electron chi connectivity index (χ2n) is 3.05. The van der Waals surface area contributed by atoms with Gasteiger partial charge in [-0.25, -0.2) is 0 Å². The maximum Gasteiger partial charge on any atom is 0.150 e. The summed E-state index contributed by atoms with van der Waals surface area (Å²) in [5.41, 5.74) is 6.51. The molecule has 70 valence electrons. The van der Waals surface area contributed by atoms with Crippen molar-refractivity contribution in [3.05, 3.63) is 35.4 Å². The molecule has 2 N–H and O–H groups in total. The third kappa shape index (κ3) is 2.14. The van der Waals surface area contributed by atoms with Crippen LogP contribution in [0, 0.1) is 0 Å². The highest BCUT2D eigenvalue weighted by Gasteiger charge is 2.19. The van der Waals surface area contributed by atoms with Crippen LogP contribution < -0.4 is 5.73 Å². The molecule has 0 saturated carbocycles. The zero-order valence-corrected chi connectivity index (χ0v) is 7.78. The summed E-state index contributed by atoms with van der Waals surface area (Å²) >= 11 is 0. The Labute approximate surface area is 77.5 Å². The van der Waals surface area contributed by atoms with Crippen molar-refractivity contribution in [2.75, 3.05) is 7.11 Å². The van der Waals surface area contributed by atoms with Gasteiger partial charge in [0.05, 0.1) is 0 Å². The van der Waals surface area contributed by atoms with Crippen molar-refractivity contribution >= 4 is 6.29 Å². The normalized spacial score (nSPS) is 15.0.